The lowest BCUT2D eigenvalue weighted by Gasteiger charge is -2.01. The molecule has 0 amide bonds. The Hall–Kier alpha value is -1.33. The molecule has 0 spiro atoms. The van der Waals surface area contributed by atoms with Gasteiger partial charge in [-0.05, 0) is 42.0 Å². The Labute approximate surface area is 77.4 Å². The number of benzene rings is 1. The first-order chi connectivity index (χ1) is 6.33. The number of rotatable bonds is 2. The van der Waals surface area contributed by atoms with Crippen LogP contribution in [0.2, 0.25) is 0 Å². The van der Waals surface area contributed by atoms with Crippen molar-refractivity contribution in [3.05, 3.63) is 41.5 Å². The van der Waals surface area contributed by atoms with E-state index in [2.05, 4.69) is 6.07 Å². The molecule has 1 aliphatic carbocycles. The van der Waals surface area contributed by atoms with E-state index in [-0.39, 0.29) is 0 Å². The molecule has 0 saturated heterocycles. The summed E-state index contributed by atoms with van der Waals surface area (Å²) < 4.78 is 0. The minimum atomic E-state index is 0.618. The van der Waals surface area contributed by atoms with E-state index in [9.17, 15) is 0 Å². The van der Waals surface area contributed by atoms with Gasteiger partial charge in [0.25, 0.3) is 0 Å². The molecule has 1 fully saturated rings. The van der Waals surface area contributed by atoms with Crippen molar-refractivity contribution in [1.29, 1.82) is 5.26 Å². The maximum absolute atomic E-state index is 8.85. The van der Waals surface area contributed by atoms with Gasteiger partial charge in [-0.2, -0.15) is 5.26 Å². The van der Waals surface area contributed by atoms with E-state index in [0.717, 1.165) is 12.2 Å². The third-order valence-electron chi connectivity index (χ3n) is 2.30. The minimum absolute atomic E-state index is 0.618. The van der Waals surface area contributed by atoms with E-state index < -0.39 is 0 Å². The lowest BCUT2D eigenvalue weighted by Crippen LogP contribution is -1.88. The second-order valence-corrected chi connectivity index (χ2v) is 3.40. The number of nitriles is 1. The van der Waals surface area contributed by atoms with E-state index in [0.29, 0.717) is 11.5 Å². The molecule has 2 nitrogen and oxygen atoms in total. The van der Waals surface area contributed by atoms with Crippen LogP contribution in [0, 0.1) is 17.9 Å². The molecule has 1 aliphatic rings. The van der Waals surface area contributed by atoms with Crippen LogP contribution in [-0.4, -0.2) is 5.11 Å². The van der Waals surface area contributed by atoms with Crippen LogP contribution in [0.1, 0.15) is 35.4 Å². The molecule has 0 aromatic heterocycles. The normalized spacial score (nSPS) is 15.4. The number of nitrogens with zero attached hydrogens (tertiary/aromatic N) is 1. The van der Waals surface area contributed by atoms with Crippen LogP contribution >= 0.6 is 0 Å². The number of hydrogen-bond donors (Lipinski definition) is 1. The van der Waals surface area contributed by atoms with Gasteiger partial charge in [0, 0.05) is 0 Å². The Bertz CT molecular complexity index is 361. The van der Waals surface area contributed by atoms with E-state index in [1.807, 2.05) is 12.1 Å². The Kier molecular flexibility index (Phi) is 2.03. The fraction of sp³-hybridized carbons (Fsp3) is 0.273. The van der Waals surface area contributed by atoms with E-state index in [1.54, 1.807) is 6.07 Å². The maximum Gasteiger partial charge on any atom is 0.109 e. The highest BCUT2D eigenvalue weighted by Crippen LogP contribution is 2.40. The standard InChI is InChI=1S/C11H10NO/c12-6-8-3-9(7-13)5-11(4-8)10-1-2-10/h3-5,7,10,13H,1-2H2. The van der Waals surface area contributed by atoms with Gasteiger partial charge in [-0.25, -0.2) is 0 Å². The lowest BCUT2D eigenvalue weighted by molar-refractivity contribution is 0.415. The molecule has 1 radical (unpaired) electrons. The molecule has 2 rings (SSSR count). The van der Waals surface area contributed by atoms with Crippen molar-refractivity contribution >= 4 is 0 Å². The van der Waals surface area contributed by atoms with Gasteiger partial charge in [-0.3, -0.25) is 0 Å². The van der Waals surface area contributed by atoms with Gasteiger partial charge in [0.15, 0.2) is 0 Å². The number of hydrogen-bond acceptors (Lipinski definition) is 2. The third kappa shape index (κ3) is 1.71. The van der Waals surface area contributed by atoms with Gasteiger partial charge >= 0.3 is 0 Å². The van der Waals surface area contributed by atoms with Gasteiger partial charge in [-0.15, -0.1) is 0 Å². The fourth-order valence-corrected chi connectivity index (χ4v) is 1.47. The van der Waals surface area contributed by atoms with Crippen molar-refractivity contribution in [3.8, 4) is 6.07 Å². The average Bonchev–Trinajstić information content (AvgIpc) is 3.00. The molecule has 0 atom stereocenters. The Morgan fingerprint density at radius 2 is 2.15 bits per heavy atom. The van der Waals surface area contributed by atoms with Crippen LogP contribution in [0.5, 0.6) is 0 Å². The maximum atomic E-state index is 8.85. The smallest absolute Gasteiger partial charge is 0.109 e. The summed E-state index contributed by atoms with van der Waals surface area (Å²) in [7, 11) is 0. The van der Waals surface area contributed by atoms with Gasteiger partial charge in [0.2, 0.25) is 0 Å². The van der Waals surface area contributed by atoms with Crippen molar-refractivity contribution in [2.24, 2.45) is 0 Å². The molecule has 1 N–H and O–H groups in total. The van der Waals surface area contributed by atoms with Crippen LogP contribution in [0.4, 0.5) is 0 Å². The van der Waals surface area contributed by atoms with Crippen molar-refractivity contribution < 1.29 is 5.11 Å². The lowest BCUT2D eigenvalue weighted by atomic mass is 10.0. The topological polar surface area (TPSA) is 44.0 Å². The van der Waals surface area contributed by atoms with Crippen molar-refractivity contribution in [3.63, 3.8) is 0 Å². The van der Waals surface area contributed by atoms with Crippen LogP contribution < -0.4 is 0 Å². The quantitative estimate of drug-likeness (QED) is 0.743. The monoisotopic (exact) mass is 172 g/mol. The molecule has 0 bridgehead atoms. The average molecular weight is 172 g/mol. The molecule has 1 saturated carbocycles. The van der Waals surface area contributed by atoms with Crippen LogP contribution in [-0.2, 0) is 0 Å². The third-order valence-corrected chi connectivity index (χ3v) is 2.30. The van der Waals surface area contributed by atoms with Crippen LogP contribution in [0.15, 0.2) is 18.2 Å². The molecule has 0 aliphatic heterocycles. The highest BCUT2D eigenvalue weighted by molar-refractivity contribution is 5.41. The van der Waals surface area contributed by atoms with E-state index in [1.165, 1.54) is 18.4 Å². The Morgan fingerprint density at radius 1 is 1.38 bits per heavy atom. The van der Waals surface area contributed by atoms with Gasteiger partial charge in [0.1, 0.15) is 6.61 Å². The van der Waals surface area contributed by atoms with E-state index >= 15 is 0 Å². The van der Waals surface area contributed by atoms with Crippen LogP contribution in [0.25, 0.3) is 0 Å². The van der Waals surface area contributed by atoms with Crippen molar-refractivity contribution in [1.82, 2.24) is 0 Å². The Morgan fingerprint density at radius 3 is 2.69 bits per heavy atom. The first kappa shape index (κ1) is 8.28. The molecule has 1 aromatic rings. The molecular formula is C11H10NO. The van der Waals surface area contributed by atoms with E-state index in [4.69, 9.17) is 10.4 Å². The Balaban J connectivity index is 2.40. The SMILES string of the molecule is N#Cc1cc([CH]O)cc(C2CC2)c1. The second kappa shape index (κ2) is 3.20. The summed E-state index contributed by atoms with van der Waals surface area (Å²) in [5, 5.41) is 17.6. The highest BCUT2D eigenvalue weighted by atomic mass is 16.3. The molecule has 1 aromatic carbocycles. The first-order valence-electron chi connectivity index (χ1n) is 4.36. The van der Waals surface area contributed by atoms with Gasteiger partial charge < -0.3 is 5.11 Å². The molecule has 65 valence electrons. The predicted octanol–water partition coefficient (Wildman–Crippen LogP) is 2.32. The molecule has 13 heavy (non-hydrogen) atoms. The van der Waals surface area contributed by atoms with Crippen LogP contribution in [0.3, 0.4) is 0 Å². The second-order valence-electron chi connectivity index (χ2n) is 3.40. The molecule has 0 heterocycles. The summed E-state index contributed by atoms with van der Waals surface area (Å²) in [6.07, 6.45) is 2.42. The summed E-state index contributed by atoms with van der Waals surface area (Å²) in [4.78, 5) is 0. The largest absolute Gasteiger partial charge is 0.385 e. The fourth-order valence-electron chi connectivity index (χ4n) is 1.47. The summed E-state index contributed by atoms with van der Waals surface area (Å²) in [5.41, 5.74) is 2.53. The molecule has 0 unspecified atom stereocenters. The first-order valence-corrected chi connectivity index (χ1v) is 4.36. The number of aliphatic hydroxyl groups is 1. The molecular weight excluding hydrogens is 162 g/mol. The zero-order valence-corrected chi connectivity index (χ0v) is 7.20. The number of aliphatic hydroxyl groups excluding tert-OH is 1. The summed E-state index contributed by atoms with van der Waals surface area (Å²) >= 11 is 0. The highest BCUT2D eigenvalue weighted by Gasteiger charge is 2.24. The zero-order valence-electron chi connectivity index (χ0n) is 7.20. The summed E-state index contributed by atoms with van der Waals surface area (Å²) in [5.74, 6) is 0.618. The van der Waals surface area contributed by atoms with Gasteiger partial charge in [-0.1, -0.05) is 6.07 Å². The van der Waals surface area contributed by atoms with Crippen molar-refractivity contribution in [2.75, 3.05) is 0 Å². The minimum Gasteiger partial charge on any atom is -0.385 e. The molecule has 2 heteroatoms. The van der Waals surface area contributed by atoms with Gasteiger partial charge in [0.05, 0.1) is 11.6 Å². The summed E-state index contributed by atoms with van der Waals surface area (Å²) in [6, 6.07) is 7.63. The summed E-state index contributed by atoms with van der Waals surface area (Å²) in [6.45, 7) is 1.05. The predicted molar refractivity (Wildman–Crippen MR) is 48.5 cm³/mol. The zero-order chi connectivity index (χ0) is 9.26. The van der Waals surface area contributed by atoms with Crippen molar-refractivity contribution in [2.45, 2.75) is 18.8 Å².